The van der Waals surface area contributed by atoms with E-state index in [1.54, 1.807) is 25.1 Å². The molecule has 0 aromatic heterocycles. The highest BCUT2D eigenvalue weighted by Crippen LogP contribution is 2.37. The summed E-state index contributed by atoms with van der Waals surface area (Å²) in [5.74, 6) is -0.914. The van der Waals surface area contributed by atoms with Crippen molar-refractivity contribution < 1.29 is 18.3 Å². The Bertz CT molecular complexity index is 668. The van der Waals surface area contributed by atoms with Gasteiger partial charge in [-0.15, -0.1) is 0 Å². The highest BCUT2D eigenvalue weighted by molar-refractivity contribution is 7.89. The molecule has 1 aromatic rings. The van der Waals surface area contributed by atoms with Gasteiger partial charge >= 0.3 is 5.97 Å². The van der Waals surface area contributed by atoms with Crippen LogP contribution in [0.25, 0.3) is 0 Å². The van der Waals surface area contributed by atoms with E-state index in [0.29, 0.717) is 12.8 Å². The van der Waals surface area contributed by atoms with Crippen molar-refractivity contribution in [1.82, 2.24) is 4.31 Å². The molecule has 0 radical (unpaired) electrons. The summed E-state index contributed by atoms with van der Waals surface area (Å²) in [7, 11) is -3.62. The fourth-order valence-electron chi connectivity index (χ4n) is 2.68. The number of benzene rings is 1. The molecule has 0 aliphatic carbocycles. The Morgan fingerprint density at radius 2 is 2.00 bits per heavy atom. The van der Waals surface area contributed by atoms with Crippen LogP contribution in [0.15, 0.2) is 23.1 Å². The lowest BCUT2D eigenvalue weighted by Crippen LogP contribution is -2.36. The van der Waals surface area contributed by atoms with Crippen LogP contribution in [0.5, 0.6) is 0 Å². The van der Waals surface area contributed by atoms with Crippen LogP contribution in [-0.2, 0) is 14.8 Å². The molecule has 1 saturated heterocycles. The Morgan fingerprint density at radius 1 is 1.33 bits per heavy atom. The number of hydrogen-bond acceptors (Lipinski definition) is 3. The molecule has 1 aliphatic heterocycles. The average Bonchev–Trinajstić information content (AvgIpc) is 2.88. The maximum Gasteiger partial charge on any atom is 0.311 e. The van der Waals surface area contributed by atoms with E-state index in [2.05, 4.69) is 0 Å². The van der Waals surface area contributed by atoms with Gasteiger partial charge in [-0.1, -0.05) is 13.0 Å². The van der Waals surface area contributed by atoms with Gasteiger partial charge in [-0.05, 0) is 49.9 Å². The van der Waals surface area contributed by atoms with E-state index >= 15 is 0 Å². The summed E-state index contributed by atoms with van der Waals surface area (Å²) >= 11 is 0. The normalized spacial score (nSPS) is 23.4. The van der Waals surface area contributed by atoms with Gasteiger partial charge in [0.15, 0.2) is 0 Å². The van der Waals surface area contributed by atoms with Gasteiger partial charge in [0.25, 0.3) is 0 Å². The van der Waals surface area contributed by atoms with Crippen molar-refractivity contribution in [2.24, 2.45) is 5.41 Å². The molecule has 2 rings (SSSR count). The minimum absolute atomic E-state index is 0.0497. The standard InChI is InChI=1S/C15H21NO4S/c1-4-15(14(17)18)7-8-16(10-15)21(19,20)13-6-5-11(2)12(3)9-13/h5-6,9H,4,7-8,10H2,1-3H3,(H,17,18). The first-order valence-corrected chi connectivity index (χ1v) is 8.48. The van der Waals surface area contributed by atoms with Crippen molar-refractivity contribution in [2.75, 3.05) is 13.1 Å². The summed E-state index contributed by atoms with van der Waals surface area (Å²) in [5.41, 5.74) is 0.992. The molecule has 116 valence electrons. The number of rotatable bonds is 4. The smallest absolute Gasteiger partial charge is 0.311 e. The Morgan fingerprint density at radius 3 is 2.48 bits per heavy atom. The second-order valence-corrected chi connectivity index (χ2v) is 7.71. The molecule has 0 bridgehead atoms. The molecular weight excluding hydrogens is 290 g/mol. The maximum atomic E-state index is 12.7. The maximum absolute atomic E-state index is 12.7. The van der Waals surface area contributed by atoms with Gasteiger partial charge in [-0.25, -0.2) is 8.42 Å². The third kappa shape index (κ3) is 2.70. The van der Waals surface area contributed by atoms with Gasteiger partial charge in [0.1, 0.15) is 0 Å². The van der Waals surface area contributed by atoms with Crippen LogP contribution in [0.2, 0.25) is 0 Å². The minimum atomic E-state index is -3.62. The fraction of sp³-hybridized carbons (Fsp3) is 0.533. The first-order valence-electron chi connectivity index (χ1n) is 7.04. The number of nitrogens with zero attached hydrogens (tertiary/aromatic N) is 1. The van der Waals surface area contributed by atoms with Gasteiger partial charge in [0.05, 0.1) is 10.3 Å². The topological polar surface area (TPSA) is 74.7 Å². The number of aliphatic carboxylic acids is 1. The van der Waals surface area contributed by atoms with E-state index < -0.39 is 21.4 Å². The Balaban J connectivity index is 2.33. The predicted molar refractivity (Wildman–Crippen MR) is 79.7 cm³/mol. The van der Waals surface area contributed by atoms with Crippen molar-refractivity contribution in [2.45, 2.75) is 38.5 Å². The third-order valence-electron chi connectivity index (χ3n) is 4.57. The van der Waals surface area contributed by atoms with E-state index in [1.165, 1.54) is 4.31 Å². The van der Waals surface area contributed by atoms with E-state index in [4.69, 9.17) is 0 Å². The largest absolute Gasteiger partial charge is 0.481 e. The van der Waals surface area contributed by atoms with Crippen molar-refractivity contribution >= 4 is 16.0 Å². The number of carbonyl (C=O) groups is 1. The molecule has 1 aromatic carbocycles. The van der Waals surface area contributed by atoms with Crippen molar-refractivity contribution in [3.8, 4) is 0 Å². The predicted octanol–water partition coefficient (Wildman–Crippen LogP) is 2.18. The lowest BCUT2D eigenvalue weighted by Gasteiger charge is -2.23. The summed E-state index contributed by atoms with van der Waals surface area (Å²) in [5, 5.41) is 9.38. The average molecular weight is 311 g/mol. The molecule has 5 nitrogen and oxygen atoms in total. The first-order chi connectivity index (χ1) is 9.73. The molecule has 1 N–H and O–H groups in total. The number of aryl methyl sites for hydroxylation is 2. The molecule has 1 unspecified atom stereocenters. The van der Waals surface area contributed by atoms with Crippen molar-refractivity contribution in [3.05, 3.63) is 29.3 Å². The van der Waals surface area contributed by atoms with Crippen LogP contribution in [0, 0.1) is 19.3 Å². The summed E-state index contributed by atoms with van der Waals surface area (Å²) in [6.07, 6.45) is 0.796. The van der Waals surface area contributed by atoms with Crippen molar-refractivity contribution in [1.29, 1.82) is 0 Å². The number of sulfonamides is 1. The van der Waals surface area contributed by atoms with Crippen LogP contribution in [0.3, 0.4) is 0 Å². The molecule has 21 heavy (non-hydrogen) atoms. The zero-order valence-corrected chi connectivity index (χ0v) is 13.4. The number of carboxylic acids is 1. The van der Waals surface area contributed by atoms with Gasteiger partial charge < -0.3 is 5.11 Å². The lowest BCUT2D eigenvalue weighted by atomic mass is 9.85. The van der Waals surface area contributed by atoms with Crippen LogP contribution >= 0.6 is 0 Å². The van der Waals surface area contributed by atoms with Gasteiger partial charge in [0.2, 0.25) is 10.0 Å². The van der Waals surface area contributed by atoms with Crippen LogP contribution < -0.4 is 0 Å². The number of hydrogen-bond donors (Lipinski definition) is 1. The molecule has 0 amide bonds. The second kappa shape index (κ2) is 5.42. The molecule has 0 spiro atoms. The summed E-state index contributed by atoms with van der Waals surface area (Å²) in [6.45, 7) is 5.89. The van der Waals surface area contributed by atoms with Crippen LogP contribution in [0.4, 0.5) is 0 Å². The highest BCUT2D eigenvalue weighted by Gasteiger charge is 2.47. The third-order valence-corrected chi connectivity index (χ3v) is 6.41. The Kier molecular flexibility index (Phi) is 4.13. The summed E-state index contributed by atoms with van der Waals surface area (Å²) < 4.78 is 26.6. The summed E-state index contributed by atoms with van der Waals surface area (Å²) in [6, 6.07) is 5.02. The van der Waals surface area contributed by atoms with E-state index in [-0.39, 0.29) is 18.0 Å². The SMILES string of the molecule is CCC1(C(=O)O)CCN(S(=O)(=O)c2ccc(C)c(C)c2)C1. The Labute approximate surface area is 125 Å². The van der Waals surface area contributed by atoms with E-state index in [1.807, 2.05) is 13.8 Å². The molecule has 1 fully saturated rings. The van der Waals surface area contributed by atoms with Crippen molar-refractivity contribution in [3.63, 3.8) is 0 Å². The second-order valence-electron chi connectivity index (χ2n) is 5.77. The zero-order chi connectivity index (χ0) is 15.8. The monoisotopic (exact) mass is 311 g/mol. The zero-order valence-electron chi connectivity index (χ0n) is 12.6. The Hall–Kier alpha value is -1.40. The fourth-order valence-corrected chi connectivity index (χ4v) is 4.29. The van der Waals surface area contributed by atoms with Crippen LogP contribution in [-0.4, -0.2) is 36.9 Å². The van der Waals surface area contributed by atoms with Gasteiger partial charge in [0, 0.05) is 13.1 Å². The van der Waals surface area contributed by atoms with E-state index in [0.717, 1.165) is 11.1 Å². The first kappa shape index (κ1) is 16.0. The van der Waals surface area contributed by atoms with E-state index in [9.17, 15) is 18.3 Å². The molecule has 0 saturated carbocycles. The molecule has 6 heteroatoms. The quantitative estimate of drug-likeness (QED) is 0.925. The van der Waals surface area contributed by atoms with Gasteiger partial charge in [-0.3, -0.25) is 4.79 Å². The molecule has 1 atom stereocenters. The molecule has 1 heterocycles. The molecular formula is C15H21NO4S. The minimum Gasteiger partial charge on any atom is -0.481 e. The number of carboxylic acid groups (broad SMARTS) is 1. The molecule has 1 aliphatic rings. The van der Waals surface area contributed by atoms with Gasteiger partial charge in [-0.2, -0.15) is 4.31 Å². The highest BCUT2D eigenvalue weighted by atomic mass is 32.2. The van der Waals surface area contributed by atoms with Crippen LogP contribution in [0.1, 0.15) is 30.9 Å². The lowest BCUT2D eigenvalue weighted by molar-refractivity contribution is -0.148. The summed E-state index contributed by atoms with van der Waals surface area (Å²) in [4.78, 5) is 11.7.